The van der Waals surface area contributed by atoms with Gasteiger partial charge in [-0.1, -0.05) is 53.2 Å². The monoisotopic (exact) mass is 439 g/mol. The Morgan fingerprint density at radius 3 is 2.60 bits per heavy atom. The van der Waals surface area contributed by atoms with Crippen molar-refractivity contribution in [2.75, 3.05) is 6.54 Å². The van der Waals surface area contributed by atoms with Crippen molar-refractivity contribution in [1.29, 1.82) is 0 Å². The molecule has 1 atom stereocenters. The molecule has 0 radical (unpaired) electrons. The Morgan fingerprint density at radius 2 is 1.77 bits per heavy atom. The molecule has 1 aliphatic heterocycles. The molecule has 1 saturated heterocycles. The summed E-state index contributed by atoms with van der Waals surface area (Å²) in [5.74, 6) is 0.720. The molecule has 1 unspecified atom stereocenters. The Kier molecular flexibility index (Phi) is 4.81. The predicted molar refractivity (Wildman–Crippen MR) is 115 cm³/mol. The zero-order valence-corrected chi connectivity index (χ0v) is 17.5. The van der Waals surface area contributed by atoms with Crippen molar-refractivity contribution in [1.82, 2.24) is 14.4 Å². The Bertz CT molecular complexity index is 1310. The minimum atomic E-state index is -3.74. The zero-order chi connectivity index (χ0) is 20.7. The number of hydrogen-bond acceptors (Lipinski definition) is 5. The van der Waals surface area contributed by atoms with Crippen molar-refractivity contribution in [3.8, 4) is 11.4 Å². The van der Waals surface area contributed by atoms with Crippen LogP contribution in [0.3, 0.4) is 0 Å². The topological polar surface area (TPSA) is 76.3 Å². The first-order valence-corrected chi connectivity index (χ1v) is 11.4. The summed E-state index contributed by atoms with van der Waals surface area (Å²) in [6, 6.07) is 19.4. The molecule has 1 aliphatic rings. The number of aromatic nitrogens is 2. The van der Waals surface area contributed by atoms with E-state index in [1.54, 1.807) is 36.4 Å². The number of sulfonamides is 1. The highest BCUT2D eigenvalue weighted by Crippen LogP contribution is 2.38. The van der Waals surface area contributed by atoms with Crippen molar-refractivity contribution in [2.45, 2.75) is 23.8 Å². The Labute approximate surface area is 179 Å². The maximum absolute atomic E-state index is 13.6. The lowest BCUT2D eigenvalue weighted by atomic mass is 10.1. The van der Waals surface area contributed by atoms with E-state index < -0.39 is 16.1 Å². The summed E-state index contributed by atoms with van der Waals surface area (Å²) in [7, 11) is -3.74. The van der Waals surface area contributed by atoms with Gasteiger partial charge in [0, 0.05) is 22.5 Å². The van der Waals surface area contributed by atoms with E-state index in [0.717, 1.165) is 17.4 Å². The first-order chi connectivity index (χ1) is 14.5. The summed E-state index contributed by atoms with van der Waals surface area (Å²) in [4.78, 5) is 4.78. The lowest BCUT2D eigenvalue weighted by molar-refractivity contribution is 0.291. The van der Waals surface area contributed by atoms with E-state index in [1.807, 2.05) is 30.3 Å². The van der Waals surface area contributed by atoms with Gasteiger partial charge in [-0.05, 0) is 48.6 Å². The standard InChI is InChI=1S/C22H18ClN3O3S/c23-17-12-10-16(11-13-17)21-24-22(29-25-21)19-8-4-14-26(19)30(27,28)20-9-3-6-15-5-1-2-7-18(15)20/h1-3,5-7,9-13,19H,4,8,14H2. The predicted octanol–water partition coefficient (Wildman–Crippen LogP) is 5.07. The number of benzene rings is 3. The number of fused-ring (bicyclic) bond motifs is 1. The van der Waals surface area contributed by atoms with Gasteiger partial charge in [0.2, 0.25) is 21.7 Å². The van der Waals surface area contributed by atoms with Crippen LogP contribution in [-0.4, -0.2) is 29.4 Å². The molecule has 1 aromatic heterocycles. The third kappa shape index (κ3) is 3.29. The fraction of sp³-hybridized carbons (Fsp3) is 0.182. The molecule has 0 amide bonds. The van der Waals surface area contributed by atoms with Crippen molar-refractivity contribution in [3.63, 3.8) is 0 Å². The largest absolute Gasteiger partial charge is 0.337 e. The van der Waals surface area contributed by atoms with Gasteiger partial charge in [0.25, 0.3) is 0 Å². The van der Waals surface area contributed by atoms with Gasteiger partial charge < -0.3 is 4.52 Å². The van der Waals surface area contributed by atoms with Crippen LogP contribution in [0.2, 0.25) is 5.02 Å². The number of hydrogen-bond donors (Lipinski definition) is 0. The first-order valence-electron chi connectivity index (χ1n) is 9.63. The van der Waals surface area contributed by atoms with Gasteiger partial charge in [-0.25, -0.2) is 8.42 Å². The molecule has 152 valence electrons. The number of rotatable bonds is 4. The molecule has 3 aromatic carbocycles. The summed E-state index contributed by atoms with van der Waals surface area (Å²) in [5, 5.41) is 6.26. The van der Waals surface area contributed by atoms with Gasteiger partial charge in [0.15, 0.2) is 0 Å². The van der Waals surface area contributed by atoms with E-state index in [2.05, 4.69) is 10.1 Å². The molecule has 2 heterocycles. The smallest absolute Gasteiger partial charge is 0.245 e. The van der Waals surface area contributed by atoms with Crippen molar-refractivity contribution in [2.24, 2.45) is 0 Å². The summed E-state index contributed by atoms with van der Waals surface area (Å²) < 4.78 is 34.1. The molecule has 6 nitrogen and oxygen atoms in total. The van der Waals surface area contributed by atoms with E-state index in [9.17, 15) is 8.42 Å². The Morgan fingerprint density at radius 1 is 1.00 bits per heavy atom. The van der Waals surface area contributed by atoms with Gasteiger partial charge in [0.05, 0.1) is 4.90 Å². The van der Waals surface area contributed by atoms with Gasteiger partial charge in [-0.15, -0.1) is 0 Å². The quantitative estimate of drug-likeness (QED) is 0.443. The molecule has 0 bridgehead atoms. The lowest BCUT2D eigenvalue weighted by Crippen LogP contribution is -2.31. The van der Waals surface area contributed by atoms with Crippen LogP contribution >= 0.6 is 11.6 Å². The summed E-state index contributed by atoms with van der Waals surface area (Å²) in [5.41, 5.74) is 0.760. The van der Waals surface area contributed by atoms with Crippen molar-refractivity contribution >= 4 is 32.4 Å². The molecule has 30 heavy (non-hydrogen) atoms. The Hall–Kier alpha value is -2.74. The van der Waals surface area contributed by atoms with E-state index in [4.69, 9.17) is 16.1 Å². The van der Waals surface area contributed by atoms with Gasteiger partial charge >= 0.3 is 0 Å². The van der Waals surface area contributed by atoms with Crippen LogP contribution in [-0.2, 0) is 10.0 Å². The van der Waals surface area contributed by atoms with Crippen LogP contribution in [0.25, 0.3) is 22.2 Å². The molecule has 0 aliphatic carbocycles. The molecule has 0 N–H and O–H groups in total. The summed E-state index contributed by atoms with van der Waals surface area (Å²) >= 11 is 5.94. The summed E-state index contributed by atoms with van der Waals surface area (Å²) in [6.07, 6.45) is 1.36. The van der Waals surface area contributed by atoms with E-state index in [-0.39, 0.29) is 0 Å². The molecule has 4 aromatic rings. The highest BCUT2D eigenvalue weighted by Gasteiger charge is 2.40. The van der Waals surface area contributed by atoms with Gasteiger partial charge in [-0.2, -0.15) is 9.29 Å². The average Bonchev–Trinajstić information content (AvgIpc) is 3.44. The fourth-order valence-corrected chi connectivity index (χ4v) is 5.90. The van der Waals surface area contributed by atoms with Crippen LogP contribution in [0.15, 0.2) is 76.1 Å². The highest BCUT2D eigenvalue weighted by molar-refractivity contribution is 7.89. The normalized spacial score (nSPS) is 17.6. The third-order valence-electron chi connectivity index (χ3n) is 5.37. The summed E-state index contributed by atoms with van der Waals surface area (Å²) in [6.45, 7) is 0.412. The van der Waals surface area contributed by atoms with E-state index in [0.29, 0.717) is 40.0 Å². The van der Waals surface area contributed by atoms with Crippen LogP contribution in [0.1, 0.15) is 24.8 Å². The highest BCUT2D eigenvalue weighted by atomic mass is 35.5. The minimum Gasteiger partial charge on any atom is -0.337 e. The van der Waals surface area contributed by atoms with E-state index >= 15 is 0 Å². The third-order valence-corrected chi connectivity index (χ3v) is 7.59. The fourth-order valence-electron chi connectivity index (χ4n) is 3.91. The SMILES string of the molecule is O=S(=O)(c1cccc2ccccc12)N1CCCC1c1nc(-c2ccc(Cl)cc2)no1. The van der Waals surface area contributed by atoms with Crippen LogP contribution in [0, 0.1) is 0 Å². The molecule has 0 spiro atoms. The molecule has 8 heteroatoms. The van der Waals surface area contributed by atoms with Crippen molar-refractivity contribution < 1.29 is 12.9 Å². The molecule has 1 fully saturated rings. The van der Waals surface area contributed by atoms with Gasteiger partial charge in [0.1, 0.15) is 6.04 Å². The first kappa shape index (κ1) is 19.2. The molecule has 0 saturated carbocycles. The Balaban J connectivity index is 1.51. The molecular weight excluding hydrogens is 422 g/mol. The maximum atomic E-state index is 13.6. The number of halogens is 1. The van der Waals surface area contributed by atoms with Gasteiger partial charge in [-0.3, -0.25) is 0 Å². The average molecular weight is 440 g/mol. The maximum Gasteiger partial charge on any atom is 0.245 e. The van der Waals surface area contributed by atoms with Crippen LogP contribution in [0.5, 0.6) is 0 Å². The zero-order valence-electron chi connectivity index (χ0n) is 15.9. The van der Waals surface area contributed by atoms with E-state index in [1.165, 1.54) is 4.31 Å². The molecule has 5 rings (SSSR count). The second kappa shape index (κ2) is 7.50. The number of nitrogens with zero attached hydrogens (tertiary/aromatic N) is 3. The lowest BCUT2D eigenvalue weighted by Gasteiger charge is -2.22. The van der Waals surface area contributed by atoms with Crippen LogP contribution < -0.4 is 0 Å². The van der Waals surface area contributed by atoms with Crippen LogP contribution in [0.4, 0.5) is 0 Å². The van der Waals surface area contributed by atoms with Crippen molar-refractivity contribution in [3.05, 3.63) is 77.6 Å². The molecular formula is C22H18ClN3O3S. The minimum absolute atomic E-state index is 0.296. The second-order valence-electron chi connectivity index (χ2n) is 7.21. The second-order valence-corrected chi connectivity index (χ2v) is 9.51.